The van der Waals surface area contributed by atoms with E-state index >= 15 is 4.39 Å². The Hall–Kier alpha value is -4.24. The van der Waals surface area contributed by atoms with Gasteiger partial charge >= 0.3 is 18.0 Å². The summed E-state index contributed by atoms with van der Waals surface area (Å²) < 4.78 is 65.1. The number of benzene rings is 2. The van der Waals surface area contributed by atoms with Gasteiger partial charge < -0.3 is 24.3 Å². The van der Waals surface area contributed by atoms with E-state index in [9.17, 15) is 22.8 Å². The van der Waals surface area contributed by atoms with Crippen molar-refractivity contribution in [2.24, 2.45) is 0 Å². The van der Waals surface area contributed by atoms with Gasteiger partial charge in [0.05, 0.1) is 37.0 Å². The van der Waals surface area contributed by atoms with Crippen LogP contribution in [0, 0.1) is 5.82 Å². The highest BCUT2D eigenvalue weighted by Crippen LogP contribution is 2.34. The average molecular weight is 680 g/mol. The number of ether oxygens (including phenoxy) is 4. The van der Waals surface area contributed by atoms with Crippen molar-refractivity contribution in [3.05, 3.63) is 70.6 Å². The number of nitrogens with one attached hydrogen (secondary N) is 1. The molecule has 0 aliphatic carbocycles. The van der Waals surface area contributed by atoms with Gasteiger partial charge in [0.25, 0.3) is 10.0 Å². The monoisotopic (exact) mass is 679 g/mol. The Labute approximate surface area is 271 Å². The summed E-state index contributed by atoms with van der Waals surface area (Å²) >= 11 is 0.911. The van der Waals surface area contributed by atoms with Crippen molar-refractivity contribution < 1.29 is 46.1 Å². The Morgan fingerprint density at radius 1 is 0.978 bits per heavy atom. The van der Waals surface area contributed by atoms with Gasteiger partial charge in [-0.05, 0) is 76.9 Å². The fourth-order valence-electron chi connectivity index (χ4n) is 3.84. The van der Waals surface area contributed by atoms with Gasteiger partial charge in [-0.3, -0.25) is 9.10 Å². The van der Waals surface area contributed by atoms with Gasteiger partial charge in [0.15, 0.2) is 5.69 Å². The van der Waals surface area contributed by atoms with Gasteiger partial charge in [0, 0.05) is 0 Å². The maximum atomic E-state index is 15.2. The lowest BCUT2D eigenvalue weighted by atomic mass is 10.1. The maximum absolute atomic E-state index is 15.2. The lowest BCUT2D eigenvalue weighted by molar-refractivity contribution is -0.142. The van der Waals surface area contributed by atoms with Gasteiger partial charge in [-0.1, -0.05) is 18.2 Å². The summed E-state index contributed by atoms with van der Waals surface area (Å²) in [6, 6.07) is 9.78. The number of nitrogens with zero attached hydrogens (tertiary/aromatic N) is 2. The molecule has 0 saturated heterocycles. The number of sulfonamides is 1. The minimum Gasteiger partial charge on any atom is -0.497 e. The van der Waals surface area contributed by atoms with E-state index in [0.29, 0.717) is 11.3 Å². The standard InChI is InChI=1S/C31H38FN3O9S2/c1-30(2,3)43-28(37)26-27(45-19-34-26)35(18-20-8-11-22(41-7)12-9-20)46(39,40)23-13-10-21(24(32)17-23)16-25(36)42-15-14-33-29(38)44-31(4,5)6/h8-13,17,19H,14-16,18H2,1-7H3,(H,33,38). The van der Waals surface area contributed by atoms with Crippen LogP contribution in [0.1, 0.15) is 63.2 Å². The molecule has 0 bridgehead atoms. The van der Waals surface area contributed by atoms with Gasteiger partial charge in [-0.25, -0.2) is 27.4 Å². The molecule has 0 saturated carbocycles. The molecular weight excluding hydrogens is 641 g/mol. The van der Waals surface area contributed by atoms with Crippen molar-refractivity contribution >= 4 is 44.4 Å². The SMILES string of the molecule is COc1ccc(CN(c2scnc2C(=O)OC(C)(C)C)S(=O)(=O)c2ccc(CC(=O)OCCNC(=O)OC(C)(C)C)c(F)c2)cc1. The summed E-state index contributed by atoms with van der Waals surface area (Å²) in [5, 5.41) is 2.42. The van der Waals surface area contributed by atoms with E-state index in [4.69, 9.17) is 18.9 Å². The summed E-state index contributed by atoms with van der Waals surface area (Å²) in [6.45, 7) is 9.70. The number of hydrogen-bond donors (Lipinski definition) is 1. The van der Waals surface area contributed by atoms with Crippen molar-refractivity contribution in [1.29, 1.82) is 0 Å². The predicted molar refractivity (Wildman–Crippen MR) is 169 cm³/mol. The first kappa shape index (κ1) is 36.2. The largest absolute Gasteiger partial charge is 0.497 e. The third-order valence-corrected chi connectivity index (χ3v) is 8.54. The van der Waals surface area contributed by atoms with Gasteiger partial charge in [-0.2, -0.15) is 0 Å². The number of halogens is 1. The number of esters is 2. The van der Waals surface area contributed by atoms with Gasteiger partial charge in [-0.15, -0.1) is 11.3 Å². The molecule has 0 fully saturated rings. The van der Waals surface area contributed by atoms with Crippen LogP contribution >= 0.6 is 11.3 Å². The van der Waals surface area contributed by atoms with Crippen LogP contribution in [0.15, 0.2) is 52.9 Å². The van der Waals surface area contributed by atoms with Crippen LogP contribution in [0.5, 0.6) is 5.75 Å². The molecule has 0 unspecified atom stereocenters. The lowest BCUT2D eigenvalue weighted by Gasteiger charge is -2.25. The van der Waals surface area contributed by atoms with Crippen molar-refractivity contribution in [1.82, 2.24) is 10.3 Å². The number of anilines is 1. The second kappa shape index (κ2) is 14.9. The van der Waals surface area contributed by atoms with Gasteiger partial charge in [0.2, 0.25) is 0 Å². The first-order chi connectivity index (χ1) is 21.4. The summed E-state index contributed by atoms with van der Waals surface area (Å²) in [5.74, 6) is -2.00. The molecule has 0 aliphatic rings. The normalized spacial score (nSPS) is 11.8. The molecule has 12 nitrogen and oxygen atoms in total. The second-order valence-corrected chi connectivity index (χ2v) is 14.6. The van der Waals surface area contributed by atoms with Crippen molar-refractivity contribution in [2.45, 2.75) is 70.6 Å². The molecule has 3 aromatic rings. The van der Waals surface area contributed by atoms with Crippen LogP contribution in [-0.2, 0) is 42.0 Å². The molecular formula is C31H38FN3O9S2. The van der Waals surface area contributed by atoms with E-state index < -0.39 is 56.4 Å². The number of hydrogen-bond acceptors (Lipinski definition) is 11. The number of amides is 1. The van der Waals surface area contributed by atoms with Crippen molar-refractivity contribution in [2.75, 3.05) is 24.6 Å². The fourth-order valence-corrected chi connectivity index (χ4v) is 6.33. The first-order valence-corrected chi connectivity index (χ1v) is 16.4. The zero-order chi connectivity index (χ0) is 34.3. The predicted octanol–water partition coefficient (Wildman–Crippen LogP) is 5.25. The molecule has 2 aromatic carbocycles. The Balaban J connectivity index is 1.83. The van der Waals surface area contributed by atoms with E-state index in [1.807, 2.05) is 0 Å². The summed E-state index contributed by atoms with van der Waals surface area (Å²) in [6.07, 6.45) is -1.16. The zero-order valence-electron chi connectivity index (χ0n) is 26.7. The third-order valence-electron chi connectivity index (χ3n) is 5.83. The van der Waals surface area contributed by atoms with E-state index in [1.54, 1.807) is 65.8 Å². The van der Waals surface area contributed by atoms with Crippen molar-refractivity contribution in [3.8, 4) is 5.75 Å². The Morgan fingerprint density at radius 2 is 1.63 bits per heavy atom. The number of alkyl carbamates (subject to hydrolysis) is 1. The van der Waals surface area contributed by atoms with E-state index in [0.717, 1.165) is 21.7 Å². The first-order valence-electron chi connectivity index (χ1n) is 14.1. The Kier molecular flexibility index (Phi) is 11.7. The number of methoxy groups -OCH3 is 1. The molecule has 250 valence electrons. The van der Waals surface area contributed by atoms with Crippen LogP contribution < -0.4 is 14.4 Å². The highest BCUT2D eigenvalue weighted by atomic mass is 32.2. The van der Waals surface area contributed by atoms with Crippen LogP contribution in [0.25, 0.3) is 0 Å². The molecule has 0 aliphatic heterocycles. The number of aromatic nitrogens is 1. The summed E-state index contributed by atoms with van der Waals surface area (Å²) in [4.78, 5) is 40.7. The number of rotatable bonds is 12. The van der Waals surface area contributed by atoms with Crippen LogP contribution in [0.3, 0.4) is 0 Å². The quantitative estimate of drug-likeness (QED) is 0.153. The molecule has 0 atom stereocenters. The Morgan fingerprint density at radius 3 is 2.22 bits per heavy atom. The highest BCUT2D eigenvalue weighted by molar-refractivity contribution is 7.93. The average Bonchev–Trinajstić information content (AvgIpc) is 3.43. The van der Waals surface area contributed by atoms with Crippen LogP contribution in [0.4, 0.5) is 14.2 Å². The van der Waals surface area contributed by atoms with Crippen LogP contribution in [0.2, 0.25) is 0 Å². The van der Waals surface area contributed by atoms with E-state index in [2.05, 4.69) is 10.3 Å². The molecule has 1 N–H and O–H groups in total. The van der Waals surface area contributed by atoms with E-state index in [-0.39, 0.29) is 36.0 Å². The molecule has 3 rings (SSSR count). The molecule has 15 heteroatoms. The second-order valence-electron chi connectivity index (χ2n) is 11.9. The van der Waals surface area contributed by atoms with Crippen LogP contribution in [-0.4, -0.2) is 62.9 Å². The molecule has 0 radical (unpaired) electrons. The zero-order valence-corrected chi connectivity index (χ0v) is 28.3. The fraction of sp³-hybridized carbons (Fsp3) is 0.419. The summed E-state index contributed by atoms with van der Waals surface area (Å²) in [7, 11) is -2.99. The summed E-state index contributed by atoms with van der Waals surface area (Å²) in [5.41, 5.74) is 0.00605. The number of carbonyl (C=O) groups is 3. The van der Waals surface area contributed by atoms with E-state index in [1.165, 1.54) is 24.8 Å². The Bertz CT molecular complexity index is 1640. The molecule has 1 amide bonds. The maximum Gasteiger partial charge on any atom is 0.407 e. The minimum absolute atomic E-state index is 0.0156. The molecule has 46 heavy (non-hydrogen) atoms. The topological polar surface area (TPSA) is 150 Å². The van der Waals surface area contributed by atoms with Crippen molar-refractivity contribution in [3.63, 3.8) is 0 Å². The smallest absolute Gasteiger partial charge is 0.407 e. The van der Waals surface area contributed by atoms with Gasteiger partial charge in [0.1, 0.15) is 34.4 Å². The number of carbonyl (C=O) groups excluding carboxylic acids is 3. The third kappa shape index (κ3) is 10.4. The lowest BCUT2D eigenvalue weighted by Crippen LogP contribution is -2.34. The molecule has 1 aromatic heterocycles. The molecule has 0 spiro atoms. The minimum atomic E-state index is -4.49. The highest BCUT2D eigenvalue weighted by Gasteiger charge is 2.33. The number of thiazole rings is 1. The molecule has 1 heterocycles.